The van der Waals surface area contributed by atoms with Gasteiger partial charge >= 0.3 is 11.9 Å². The van der Waals surface area contributed by atoms with E-state index in [0.29, 0.717) is 11.5 Å². The highest BCUT2D eigenvalue weighted by atomic mass is 16.7. The highest BCUT2D eigenvalue weighted by Gasteiger charge is 2.43. The number of ether oxygens (including phenoxy) is 4. The number of carbonyl (C=O) groups is 4. The van der Waals surface area contributed by atoms with Gasteiger partial charge in [0.2, 0.25) is 18.6 Å². The number of benzene rings is 3. The van der Waals surface area contributed by atoms with Gasteiger partial charge in [-0.25, -0.2) is 9.97 Å². The molecule has 2 saturated heterocycles. The first-order valence-corrected chi connectivity index (χ1v) is 21.5. The molecule has 6 atom stereocenters. The lowest BCUT2D eigenvalue weighted by Gasteiger charge is -2.32. The van der Waals surface area contributed by atoms with Crippen molar-refractivity contribution in [2.75, 3.05) is 21.0 Å². The van der Waals surface area contributed by atoms with Crippen LogP contribution >= 0.6 is 0 Å². The molecule has 2 amide bonds. The molecule has 0 bridgehead atoms. The van der Waals surface area contributed by atoms with E-state index >= 15 is 0 Å². The van der Waals surface area contributed by atoms with Crippen molar-refractivity contribution in [2.24, 2.45) is 23.7 Å². The van der Waals surface area contributed by atoms with E-state index in [1.165, 1.54) is 14.2 Å². The van der Waals surface area contributed by atoms with Crippen LogP contribution in [0.2, 0.25) is 0 Å². The fourth-order valence-corrected chi connectivity index (χ4v) is 9.53. The lowest BCUT2D eigenvalue weighted by molar-refractivity contribution is -0.149. The number of amides is 2. The summed E-state index contributed by atoms with van der Waals surface area (Å²) in [5, 5.41) is 0. The maximum Gasteiger partial charge on any atom is 0.306 e. The number of esters is 2. The number of nitrogens with one attached hydrogen (secondary N) is 2. The van der Waals surface area contributed by atoms with Crippen LogP contribution in [0, 0.1) is 23.7 Å². The predicted octanol–water partition coefficient (Wildman–Crippen LogP) is 8.28. The van der Waals surface area contributed by atoms with Crippen molar-refractivity contribution in [3.05, 3.63) is 60.2 Å². The van der Waals surface area contributed by atoms with E-state index in [2.05, 4.69) is 35.9 Å². The number of aromatic amines is 2. The average Bonchev–Trinajstić information content (AvgIpc) is 4.10. The Balaban J connectivity index is 1.05. The molecule has 2 aromatic heterocycles. The molecule has 0 unspecified atom stereocenters. The van der Waals surface area contributed by atoms with Crippen molar-refractivity contribution >= 4 is 45.8 Å². The van der Waals surface area contributed by atoms with Gasteiger partial charge in [-0.3, -0.25) is 19.2 Å². The highest BCUT2D eigenvalue weighted by molar-refractivity contribution is 5.91. The molecule has 8 rings (SSSR count). The predicted molar refractivity (Wildman–Crippen MR) is 229 cm³/mol. The van der Waals surface area contributed by atoms with Crippen molar-refractivity contribution in [1.82, 2.24) is 29.7 Å². The molecule has 3 aliphatic rings. The SMILES string of the molecule is COC(=O)C[C@H](C(=O)N1[C@@H](C)CC[C@H]1c1nc2ccc(-c3ccc(-c4ccc5nc([C@@H]6CC[C@H](C)N6C(=O)[C@@H](CC(=O)OC)C(C)C)[nH]c5c4)c4c3OCO4)cc2[nH]1)C(C)C. The molecular formula is C47H56N6O8. The van der Waals surface area contributed by atoms with Crippen molar-refractivity contribution < 1.29 is 38.1 Å². The first-order valence-electron chi connectivity index (χ1n) is 21.5. The van der Waals surface area contributed by atoms with E-state index in [1.807, 2.05) is 73.9 Å². The Hall–Kier alpha value is -5.92. The van der Waals surface area contributed by atoms with E-state index in [-0.39, 0.29) is 79.4 Å². The number of carbonyl (C=O) groups excluding carboxylic acids is 4. The highest BCUT2D eigenvalue weighted by Crippen LogP contribution is 2.48. The Morgan fingerprint density at radius 2 is 1.07 bits per heavy atom. The Labute approximate surface area is 355 Å². The molecule has 61 heavy (non-hydrogen) atoms. The normalized spacial score (nSPS) is 20.9. The number of hydrogen-bond acceptors (Lipinski definition) is 10. The maximum atomic E-state index is 14.0. The third-order valence-corrected chi connectivity index (χ3v) is 13.1. The second-order valence-corrected chi connectivity index (χ2v) is 17.6. The fraction of sp³-hybridized carbons (Fsp3) is 0.489. The molecule has 3 aliphatic heterocycles. The molecule has 0 aliphatic carbocycles. The van der Waals surface area contributed by atoms with Crippen LogP contribution in [0.4, 0.5) is 0 Å². The molecule has 14 nitrogen and oxygen atoms in total. The monoisotopic (exact) mass is 832 g/mol. The fourth-order valence-electron chi connectivity index (χ4n) is 9.53. The number of likely N-dealkylation sites (tertiary alicyclic amines) is 2. The van der Waals surface area contributed by atoms with E-state index in [1.54, 1.807) is 0 Å². The minimum absolute atomic E-state index is 0.00896. The van der Waals surface area contributed by atoms with Crippen LogP contribution in [0.15, 0.2) is 48.5 Å². The van der Waals surface area contributed by atoms with Crippen LogP contribution in [0.5, 0.6) is 11.5 Å². The van der Waals surface area contributed by atoms with E-state index in [4.69, 9.17) is 28.9 Å². The summed E-state index contributed by atoms with van der Waals surface area (Å²) in [6.45, 7) is 12.0. The Morgan fingerprint density at radius 1 is 0.656 bits per heavy atom. The van der Waals surface area contributed by atoms with Crippen LogP contribution in [-0.2, 0) is 28.7 Å². The Morgan fingerprint density at radius 3 is 1.44 bits per heavy atom. The zero-order chi connectivity index (χ0) is 43.3. The van der Waals surface area contributed by atoms with Gasteiger partial charge in [-0.05, 0) is 98.9 Å². The molecule has 2 fully saturated rings. The average molecular weight is 833 g/mol. The number of aromatic nitrogens is 4. The van der Waals surface area contributed by atoms with Crippen molar-refractivity contribution in [2.45, 2.75) is 104 Å². The van der Waals surface area contributed by atoms with Gasteiger partial charge < -0.3 is 38.7 Å². The molecule has 14 heteroatoms. The van der Waals surface area contributed by atoms with Crippen molar-refractivity contribution in [3.63, 3.8) is 0 Å². The molecule has 0 radical (unpaired) electrons. The number of H-pyrrole nitrogens is 2. The van der Waals surface area contributed by atoms with Crippen LogP contribution in [0.3, 0.4) is 0 Å². The first-order chi connectivity index (χ1) is 29.3. The van der Waals surface area contributed by atoms with Gasteiger partial charge in [0.25, 0.3) is 0 Å². The summed E-state index contributed by atoms with van der Waals surface area (Å²) < 4.78 is 22.1. The summed E-state index contributed by atoms with van der Waals surface area (Å²) in [6.07, 6.45) is 3.30. The third kappa shape index (κ3) is 7.81. The summed E-state index contributed by atoms with van der Waals surface area (Å²) in [5.74, 6) is 0.851. The second-order valence-electron chi connectivity index (χ2n) is 17.6. The summed E-state index contributed by atoms with van der Waals surface area (Å²) >= 11 is 0. The zero-order valence-electron chi connectivity index (χ0n) is 36.2. The van der Waals surface area contributed by atoms with Crippen LogP contribution in [0.25, 0.3) is 44.3 Å². The number of hydrogen-bond donors (Lipinski definition) is 2. The largest absolute Gasteiger partial charge is 0.469 e. The van der Waals surface area contributed by atoms with Crippen molar-refractivity contribution in [1.29, 1.82) is 0 Å². The Bertz CT molecular complexity index is 2320. The minimum Gasteiger partial charge on any atom is -0.469 e. The van der Waals surface area contributed by atoms with E-state index in [9.17, 15) is 19.2 Å². The topological polar surface area (TPSA) is 169 Å². The van der Waals surface area contributed by atoms with E-state index in [0.717, 1.165) is 81.7 Å². The summed E-state index contributed by atoms with van der Waals surface area (Å²) in [6, 6.07) is 15.7. The third-order valence-electron chi connectivity index (χ3n) is 13.1. The van der Waals surface area contributed by atoms with Crippen LogP contribution in [0.1, 0.15) is 104 Å². The second kappa shape index (κ2) is 16.9. The molecule has 5 aromatic rings. The van der Waals surface area contributed by atoms with Gasteiger partial charge in [0.1, 0.15) is 11.6 Å². The number of methoxy groups -OCH3 is 2. The van der Waals surface area contributed by atoms with Gasteiger partial charge in [-0.2, -0.15) is 0 Å². The number of fused-ring (bicyclic) bond motifs is 3. The van der Waals surface area contributed by atoms with Gasteiger partial charge in [-0.1, -0.05) is 39.8 Å². The summed E-state index contributed by atoms with van der Waals surface area (Å²) in [7, 11) is 2.70. The number of rotatable bonds is 12. The molecule has 2 N–H and O–H groups in total. The Kier molecular flexibility index (Phi) is 11.5. The smallest absolute Gasteiger partial charge is 0.306 e. The molecule has 0 spiro atoms. The van der Waals surface area contributed by atoms with Gasteiger partial charge in [0.05, 0.1) is 73.0 Å². The van der Waals surface area contributed by atoms with E-state index < -0.39 is 11.8 Å². The molecule has 0 saturated carbocycles. The number of imidazole rings is 2. The lowest BCUT2D eigenvalue weighted by atomic mass is 9.90. The summed E-state index contributed by atoms with van der Waals surface area (Å²) in [4.78, 5) is 73.2. The minimum atomic E-state index is -0.481. The molecule has 3 aromatic carbocycles. The van der Waals surface area contributed by atoms with Gasteiger partial charge in [-0.15, -0.1) is 0 Å². The molecular weight excluding hydrogens is 777 g/mol. The van der Waals surface area contributed by atoms with Gasteiger partial charge in [0.15, 0.2) is 11.5 Å². The van der Waals surface area contributed by atoms with Crippen LogP contribution in [-0.4, -0.2) is 86.6 Å². The molecule has 322 valence electrons. The first kappa shape index (κ1) is 41.8. The number of nitrogens with zero attached hydrogens (tertiary/aromatic N) is 4. The lowest BCUT2D eigenvalue weighted by Crippen LogP contribution is -2.42. The molecule has 5 heterocycles. The maximum absolute atomic E-state index is 14.0. The summed E-state index contributed by atoms with van der Waals surface area (Å²) in [5.41, 5.74) is 6.86. The van der Waals surface area contributed by atoms with Crippen LogP contribution < -0.4 is 9.47 Å². The van der Waals surface area contributed by atoms with Crippen molar-refractivity contribution in [3.8, 4) is 33.8 Å². The quantitative estimate of drug-likeness (QED) is 0.117. The van der Waals surface area contributed by atoms with Gasteiger partial charge in [0, 0.05) is 23.2 Å². The zero-order valence-corrected chi connectivity index (χ0v) is 36.2. The standard InChI is InChI=1S/C47H56N6O8/c1-24(2)32(21-40(54)58-7)46(56)52-26(5)9-17-38(52)44-48-34-15-11-28(19-36(34)50-44)30-13-14-31(43-42(30)60-23-61-43)29-12-16-35-37(20-29)51-45(49-35)39-18-10-27(6)53(39)47(57)33(25(3)4)22-41(55)59-8/h11-16,19-20,24-27,32-33,38-39H,9-10,17-18,21-23H2,1-8H3,(H,48,50)(H,49,51)/t26-,27-,32-,33-,38-,39-/m0/s1.